The highest BCUT2D eigenvalue weighted by atomic mass is 16.5. The van der Waals surface area contributed by atoms with Crippen LogP contribution in [0.3, 0.4) is 0 Å². The topological polar surface area (TPSA) is 81.1 Å². The zero-order valence-electron chi connectivity index (χ0n) is 11.4. The quantitative estimate of drug-likeness (QED) is 0.783. The lowest BCUT2D eigenvalue weighted by Crippen LogP contribution is -2.32. The highest BCUT2D eigenvalue weighted by Crippen LogP contribution is 2.16. The van der Waals surface area contributed by atoms with Gasteiger partial charge in [-0.05, 0) is 32.9 Å². The van der Waals surface area contributed by atoms with Gasteiger partial charge >= 0.3 is 0 Å². The Hall–Kier alpha value is -1.47. The Morgan fingerprint density at radius 3 is 3.05 bits per heavy atom. The molecule has 0 bridgehead atoms. The SMILES string of the molecule is COC(C)CNC(=O)c1cn(C2CCNCC2)nn1. The van der Waals surface area contributed by atoms with Crippen LogP contribution in [0.4, 0.5) is 0 Å². The lowest BCUT2D eigenvalue weighted by Gasteiger charge is -2.22. The minimum atomic E-state index is -0.205. The van der Waals surface area contributed by atoms with Gasteiger partial charge in [-0.15, -0.1) is 5.10 Å². The standard InChI is InChI=1S/C12H21N5O2/c1-9(19-2)7-14-12(18)11-8-17(16-15-11)10-3-5-13-6-4-10/h8-10,13H,3-7H2,1-2H3,(H,14,18). The molecule has 0 aliphatic carbocycles. The molecule has 2 rings (SSSR count). The number of ether oxygens (including phenoxy) is 1. The fourth-order valence-corrected chi connectivity index (χ4v) is 2.04. The molecule has 1 aliphatic heterocycles. The van der Waals surface area contributed by atoms with Crippen molar-refractivity contribution in [2.75, 3.05) is 26.7 Å². The molecule has 0 saturated carbocycles. The zero-order chi connectivity index (χ0) is 13.7. The molecular formula is C12H21N5O2. The van der Waals surface area contributed by atoms with Gasteiger partial charge in [-0.25, -0.2) is 4.68 Å². The molecule has 7 heteroatoms. The summed E-state index contributed by atoms with van der Waals surface area (Å²) in [6.07, 6.45) is 3.75. The van der Waals surface area contributed by atoms with Gasteiger partial charge in [-0.3, -0.25) is 4.79 Å². The van der Waals surface area contributed by atoms with Gasteiger partial charge in [0, 0.05) is 13.7 Å². The maximum Gasteiger partial charge on any atom is 0.273 e. The van der Waals surface area contributed by atoms with Crippen LogP contribution in [0.15, 0.2) is 6.20 Å². The van der Waals surface area contributed by atoms with Crippen LogP contribution in [0, 0.1) is 0 Å². The molecule has 1 atom stereocenters. The van der Waals surface area contributed by atoms with Crippen molar-refractivity contribution in [2.24, 2.45) is 0 Å². The number of hydrogen-bond donors (Lipinski definition) is 2. The monoisotopic (exact) mass is 267 g/mol. The summed E-state index contributed by atoms with van der Waals surface area (Å²) in [5, 5.41) is 14.1. The van der Waals surface area contributed by atoms with Gasteiger partial charge in [0.2, 0.25) is 0 Å². The average molecular weight is 267 g/mol. The van der Waals surface area contributed by atoms with Crippen molar-refractivity contribution < 1.29 is 9.53 Å². The molecule has 0 aromatic carbocycles. The van der Waals surface area contributed by atoms with Crippen molar-refractivity contribution in [1.29, 1.82) is 0 Å². The van der Waals surface area contributed by atoms with E-state index in [-0.39, 0.29) is 12.0 Å². The van der Waals surface area contributed by atoms with E-state index in [1.54, 1.807) is 18.0 Å². The number of piperidine rings is 1. The minimum Gasteiger partial charge on any atom is -0.380 e. The Balaban J connectivity index is 1.90. The Morgan fingerprint density at radius 1 is 1.63 bits per heavy atom. The minimum absolute atomic E-state index is 0.0107. The molecule has 19 heavy (non-hydrogen) atoms. The number of carbonyl (C=O) groups is 1. The third-order valence-corrected chi connectivity index (χ3v) is 3.38. The molecule has 1 saturated heterocycles. The first-order valence-electron chi connectivity index (χ1n) is 6.64. The number of aromatic nitrogens is 3. The van der Waals surface area contributed by atoms with Gasteiger partial charge in [-0.2, -0.15) is 0 Å². The Labute approximate surface area is 112 Å². The van der Waals surface area contributed by atoms with Gasteiger partial charge in [0.1, 0.15) is 0 Å². The molecule has 1 amide bonds. The summed E-state index contributed by atoms with van der Waals surface area (Å²) >= 11 is 0. The zero-order valence-corrected chi connectivity index (χ0v) is 11.4. The van der Waals surface area contributed by atoms with E-state index in [1.807, 2.05) is 6.92 Å². The third-order valence-electron chi connectivity index (χ3n) is 3.38. The Bertz CT molecular complexity index is 414. The number of rotatable bonds is 5. The maximum atomic E-state index is 11.9. The fourth-order valence-electron chi connectivity index (χ4n) is 2.04. The van der Waals surface area contributed by atoms with Crippen molar-refractivity contribution in [3.8, 4) is 0 Å². The number of amides is 1. The normalized spacial score (nSPS) is 18.2. The summed E-state index contributed by atoms with van der Waals surface area (Å²) in [6, 6.07) is 0.341. The van der Waals surface area contributed by atoms with Gasteiger partial charge in [0.15, 0.2) is 5.69 Å². The second kappa shape index (κ2) is 6.63. The summed E-state index contributed by atoms with van der Waals surface area (Å²) in [5.74, 6) is -0.205. The smallest absolute Gasteiger partial charge is 0.273 e. The van der Waals surface area contributed by atoms with Crippen molar-refractivity contribution >= 4 is 5.91 Å². The summed E-state index contributed by atoms with van der Waals surface area (Å²) < 4.78 is 6.88. The highest BCUT2D eigenvalue weighted by Gasteiger charge is 2.18. The van der Waals surface area contributed by atoms with Crippen LogP contribution in [0.2, 0.25) is 0 Å². The van der Waals surface area contributed by atoms with Crippen LogP contribution in [0.1, 0.15) is 36.3 Å². The first-order valence-corrected chi connectivity index (χ1v) is 6.64. The Kier molecular flexibility index (Phi) is 4.86. The average Bonchev–Trinajstić information content (AvgIpc) is 2.95. The second-order valence-electron chi connectivity index (χ2n) is 4.82. The van der Waals surface area contributed by atoms with Gasteiger partial charge in [0.25, 0.3) is 5.91 Å². The van der Waals surface area contributed by atoms with Crippen molar-refractivity contribution in [2.45, 2.75) is 31.9 Å². The molecule has 1 aliphatic rings. The number of hydrogen-bond acceptors (Lipinski definition) is 5. The van der Waals surface area contributed by atoms with Crippen LogP contribution in [-0.4, -0.2) is 53.7 Å². The molecular weight excluding hydrogens is 246 g/mol. The van der Waals surface area contributed by atoms with Crippen molar-refractivity contribution in [3.05, 3.63) is 11.9 Å². The molecule has 2 heterocycles. The highest BCUT2D eigenvalue weighted by molar-refractivity contribution is 5.91. The first-order chi connectivity index (χ1) is 9.20. The van der Waals surface area contributed by atoms with Crippen LogP contribution < -0.4 is 10.6 Å². The van der Waals surface area contributed by atoms with E-state index in [4.69, 9.17) is 4.74 Å². The summed E-state index contributed by atoms with van der Waals surface area (Å²) in [7, 11) is 1.62. The largest absolute Gasteiger partial charge is 0.380 e. The van der Waals surface area contributed by atoms with E-state index in [1.165, 1.54) is 0 Å². The van der Waals surface area contributed by atoms with E-state index in [9.17, 15) is 4.79 Å². The van der Waals surface area contributed by atoms with E-state index in [2.05, 4.69) is 20.9 Å². The number of nitrogens with zero attached hydrogens (tertiary/aromatic N) is 3. The molecule has 2 N–H and O–H groups in total. The fraction of sp³-hybridized carbons (Fsp3) is 0.750. The second-order valence-corrected chi connectivity index (χ2v) is 4.82. The van der Waals surface area contributed by atoms with Crippen LogP contribution in [-0.2, 0) is 4.74 Å². The van der Waals surface area contributed by atoms with Crippen LogP contribution >= 0.6 is 0 Å². The molecule has 1 fully saturated rings. The van der Waals surface area contributed by atoms with E-state index < -0.39 is 0 Å². The van der Waals surface area contributed by atoms with Crippen molar-refractivity contribution in [1.82, 2.24) is 25.6 Å². The molecule has 106 valence electrons. The number of methoxy groups -OCH3 is 1. The van der Waals surface area contributed by atoms with Crippen molar-refractivity contribution in [3.63, 3.8) is 0 Å². The number of nitrogens with one attached hydrogen (secondary N) is 2. The molecule has 1 unspecified atom stereocenters. The Morgan fingerprint density at radius 2 is 2.37 bits per heavy atom. The summed E-state index contributed by atoms with van der Waals surface area (Å²) in [6.45, 7) is 4.33. The lowest BCUT2D eigenvalue weighted by molar-refractivity contribution is 0.0866. The van der Waals surface area contributed by atoms with E-state index in [0.717, 1.165) is 25.9 Å². The van der Waals surface area contributed by atoms with Crippen LogP contribution in [0.5, 0.6) is 0 Å². The summed E-state index contributed by atoms with van der Waals surface area (Å²) in [5.41, 5.74) is 0.363. The lowest BCUT2D eigenvalue weighted by atomic mass is 10.1. The summed E-state index contributed by atoms with van der Waals surface area (Å²) in [4.78, 5) is 11.9. The predicted molar refractivity (Wildman–Crippen MR) is 70.0 cm³/mol. The van der Waals surface area contributed by atoms with Gasteiger partial charge in [-0.1, -0.05) is 5.21 Å². The first kappa shape index (κ1) is 14.0. The van der Waals surface area contributed by atoms with Gasteiger partial charge < -0.3 is 15.4 Å². The van der Waals surface area contributed by atoms with E-state index in [0.29, 0.717) is 18.3 Å². The van der Waals surface area contributed by atoms with Crippen LogP contribution in [0.25, 0.3) is 0 Å². The molecule has 0 radical (unpaired) electrons. The van der Waals surface area contributed by atoms with Gasteiger partial charge in [0.05, 0.1) is 18.3 Å². The molecule has 1 aromatic rings. The molecule has 1 aromatic heterocycles. The number of carbonyl (C=O) groups excluding carboxylic acids is 1. The predicted octanol–water partition coefficient (Wildman–Crippen LogP) is -0.0327. The molecule has 0 spiro atoms. The third kappa shape index (κ3) is 3.74. The van der Waals surface area contributed by atoms with E-state index >= 15 is 0 Å². The maximum absolute atomic E-state index is 11.9. The molecule has 7 nitrogen and oxygen atoms in total.